The quantitative estimate of drug-likeness (QED) is 0.868. The molecule has 0 unspecified atom stereocenters. The van der Waals surface area contributed by atoms with Crippen LogP contribution in [0.3, 0.4) is 0 Å². The fraction of sp³-hybridized carbons (Fsp3) is 0.500. The fourth-order valence-electron chi connectivity index (χ4n) is 1.67. The van der Waals surface area contributed by atoms with Crippen LogP contribution in [0.25, 0.3) is 0 Å². The first-order valence-electron chi connectivity index (χ1n) is 5.66. The van der Waals surface area contributed by atoms with Crippen LogP contribution in [0.5, 0.6) is 0 Å². The number of benzene rings is 1. The highest BCUT2D eigenvalue weighted by Crippen LogP contribution is 2.34. The topological polar surface area (TPSA) is 63.4 Å². The summed E-state index contributed by atoms with van der Waals surface area (Å²) >= 11 is 11.8. The lowest BCUT2D eigenvalue weighted by Gasteiger charge is -2.26. The van der Waals surface area contributed by atoms with Crippen molar-refractivity contribution in [1.29, 1.82) is 0 Å². The van der Waals surface area contributed by atoms with Gasteiger partial charge in [0.2, 0.25) is 10.0 Å². The van der Waals surface area contributed by atoms with Gasteiger partial charge in [-0.05, 0) is 17.5 Å². The van der Waals surface area contributed by atoms with E-state index in [9.17, 15) is 8.42 Å². The molecule has 19 heavy (non-hydrogen) atoms. The van der Waals surface area contributed by atoms with E-state index in [4.69, 9.17) is 28.9 Å². The van der Waals surface area contributed by atoms with Gasteiger partial charge in [0.05, 0.1) is 15.7 Å². The van der Waals surface area contributed by atoms with Gasteiger partial charge in [0.1, 0.15) is 4.90 Å². The molecule has 0 aliphatic carbocycles. The number of sulfonamides is 1. The first kappa shape index (κ1) is 16.6. The summed E-state index contributed by atoms with van der Waals surface area (Å²) < 4.78 is 26.1. The Hall–Kier alpha value is -0.490. The van der Waals surface area contributed by atoms with Crippen molar-refractivity contribution in [2.45, 2.75) is 25.7 Å². The molecule has 0 aliphatic rings. The molecule has 1 aromatic rings. The van der Waals surface area contributed by atoms with Crippen LogP contribution < -0.4 is 5.73 Å². The Labute approximate surface area is 124 Å². The molecule has 1 aromatic carbocycles. The van der Waals surface area contributed by atoms with Crippen LogP contribution in [0.4, 0.5) is 5.69 Å². The van der Waals surface area contributed by atoms with Gasteiger partial charge >= 0.3 is 0 Å². The van der Waals surface area contributed by atoms with Crippen LogP contribution >= 0.6 is 23.2 Å². The van der Waals surface area contributed by atoms with Crippen molar-refractivity contribution >= 4 is 38.9 Å². The van der Waals surface area contributed by atoms with Gasteiger partial charge < -0.3 is 5.73 Å². The third kappa shape index (κ3) is 3.75. The van der Waals surface area contributed by atoms with Crippen LogP contribution in [0, 0.1) is 5.41 Å². The first-order valence-corrected chi connectivity index (χ1v) is 7.86. The van der Waals surface area contributed by atoms with Gasteiger partial charge in [-0.1, -0.05) is 44.0 Å². The molecule has 0 aliphatic heterocycles. The Bertz CT molecular complexity index is 580. The molecule has 0 heterocycles. The molecule has 1 rings (SSSR count). The van der Waals surface area contributed by atoms with E-state index in [1.54, 1.807) is 0 Å². The molecule has 0 saturated carbocycles. The second-order valence-corrected chi connectivity index (χ2v) is 8.39. The van der Waals surface area contributed by atoms with E-state index in [0.29, 0.717) is 6.54 Å². The third-order valence-electron chi connectivity index (χ3n) is 2.48. The number of halogens is 2. The Morgan fingerprint density at radius 3 is 2.26 bits per heavy atom. The molecule has 0 amide bonds. The lowest BCUT2D eigenvalue weighted by molar-refractivity contribution is 0.311. The maximum atomic E-state index is 12.4. The lowest BCUT2D eigenvalue weighted by Crippen LogP contribution is -2.34. The second kappa shape index (κ2) is 5.48. The Morgan fingerprint density at radius 1 is 1.26 bits per heavy atom. The molecule has 7 heteroatoms. The average molecular weight is 325 g/mol. The summed E-state index contributed by atoms with van der Waals surface area (Å²) in [5, 5.41) is 0.204. The van der Waals surface area contributed by atoms with Crippen molar-refractivity contribution in [1.82, 2.24) is 4.31 Å². The Balaban J connectivity index is 3.25. The predicted octanol–water partition coefficient (Wildman–Crippen LogP) is 3.24. The van der Waals surface area contributed by atoms with Crippen molar-refractivity contribution in [2.75, 3.05) is 19.3 Å². The summed E-state index contributed by atoms with van der Waals surface area (Å²) in [5.74, 6) is 0. The molecule has 0 bridgehead atoms. The lowest BCUT2D eigenvalue weighted by atomic mass is 9.97. The number of nitrogen functional groups attached to an aromatic ring is 1. The fourth-order valence-corrected chi connectivity index (χ4v) is 3.80. The van der Waals surface area contributed by atoms with Crippen LogP contribution in [0.15, 0.2) is 17.0 Å². The van der Waals surface area contributed by atoms with E-state index < -0.39 is 10.0 Å². The van der Waals surface area contributed by atoms with E-state index in [1.165, 1.54) is 23.5 Å². The predicted molar refractivity (Wildman–Crippen MR) is 80.1 cm³/mol. The zero-order valence-electron chi connectivity index (χ0n) is 11.4. The van der Waals surface area contributed by atoms with Gasteiger partial charge in [-0.25, -0.2) is 12.7 Å². The van der Waals surface area contributed by atoms with Gasteiger partial charge in [-0.2, -0.15) is 0 Å². The number of hydrogen-bond donors (Lipinski definition) is 1. The normalized spacial score (nSPS) is 13.0. The molecule has 0 fully saturated rings. The van der Waals surface area contributed by atoms with E-state index in [2.05, 4.69) is 0 Å². The van der Waals surface area contributed by atoms with Gasteiger partial charge in [0.15, 0.2) is 0 Å². The minimum atomic E-state index is -3.68. The summed E-state index contributed by atoms with van der Waals surface area (Å²) in [7, 11) is -2.16. The van der Waals surface area contributed by atoms with Gasteiger partial charge in [0.25, 0.3) is 0 Å². The van der Waals surface area contributed by atoms with E-state index in [-0.39, 0.29) is 26.0 Å². The molecule has 2 N–H and O–H groups in total. The van der Waals surface area contributed by atoms with Crippen LogP contribution in [-0.4, -0.2) is 26.3 Å². The number of nitrogens with two attached hydrogens (primary N) is 1. The Morgan fingerprint density at radius 2 is 1.79 bits per heavy atom. The molecule has 0 radical (unpaired) electrons. The minimum absolute atomic E-state index is 0.0252. The average Bonchev–Trinajstić information content (AvgIpc) is 2.23. The largest absolute Gasteiger partial charge is 0.396 e. The maximum Gasteiger partial charge on any atom is 0.244 e. The molecular formula is C12H18Cl2N2O2S. The van der Waals surface area contributed by atoms with Gasteiger partial charge in [-0.15, -0.1) is 0 Å². The zero-order chi connectivity index (χ0) is 15.0. The van der Waals surface area contributed by atoms with Gasteiger partial charge in [0, 0.05) is 13.6 Å². The van der Waals surface area contributed by atoms with Crippen LogP contribution in [0.2, 0.25) is 10.0 Å². The highest BCUT2D eigenvalue weighted by Gasteiger charge is 2.28. The van der Waals surface area contributed by atoms with E-state index in [1.807, 2.05) is 20.8 Å². The van der Waals surface area contributed by atoms with Crippen molar-refractivity contribution in [2.24, 2.45) is 5.41 Å². The highest BCUT2D eigenvalue weighted by molar-refractivity contribution is 7.89. The Kier molecular flexibility index (Phi) is 4.78. The summed E-state index contributed by atoms with van der Waals surface area (Å²) in [5.41, 5.74) is 5.58. The third-order valence-corrected chi connectivity index (χ3v) is 5.17. The number of hydrogen-bond acceptors (Lipinski definition) is 3. The highest BCUT2D eigenvalue weighted by atomic mass is 35.5. The second-order valence-electron chi connectivity index (χ2n) is 5.59. The van der Waals surface area contributed by atoms with Crippen molar-refractivity contribution in [3.8, 4) is 0 Å². The maximum absolute atomic E-state index is 12.4. The summed E-state index contributed by atoms with van der Waals surface area (Å²) in [6, 6.07) is 2.80. The molecule has 0 spiro atoms. The monoisotopic (exact) mass is 324 g/mol. The molecule has 0 atom stereocenters. The number of rotatable bonds is 3. The molecular weight excluding hydrogens is 307 g/mol. The first-order chi connectivity index (χ1) is 8.47. The van der Waals surface area contributed by atoms with Crippen LogP contribution in [-0.2, 0) is 10.0 Å². The van der Waals surface area contributed by atoms with Crippen molar-refractivity contribution in [3.05, 3.63) is 22.2 Å². The number of nitrogens with zero attached hydrogens (tertiary/aromatic N) is 1. The smallest absolute Gasteiger partial charge is 0.244 e. The summed E-state index contributed by atoms with van der Waals surface area (Å²) in [4.78, 5) is -0.0252. The van der Waals surface area contributed by atoms with Crippen LogP contribution in [0.1, 0.15) is 20.8 Å². The summed E-state index contributed by atoms with van der Waals surface area (Å²) in [6.07, 6.45) is 0. The van der Waals surface area contributed by atoms with E-state index >= 15 is 0 Å². The summed E-state index contributed by atoms with van der Waals surface area (Å²) in [6.45, 7) is 6.23. The van der Waals surface area contributed by atoms with E-state index in [0.717, 1.165) is 0 Å². The number of anilines is 1. The standard InChI is InChI=1S/C12H18Cl2N2O2S/c1-12(2,3)7-16(4)19(17,18)9-6-5-8(13)11(15)10(9)14/h5-6H,7,15H2,1-4H3. The van der Waals surface area contributed by atoms with Gasteiger partial charge in [-0.3, -0.25) is 0 Å². The molecule has 0 saturated heterocycles. The van der Waals surface area contributed by atoms with Crippen molar-refractivity contribution < 1.29 is 8.42 Å². The molecule has 4 nitrogen and oxygen atoms in total. The molecule has 0 aromatic heterocycles. The zero-order valence-corrected chi connectivity index (χ0v) is 13.7. The SMILES string of the molecule is CN(CC(C)(C)C)S(=O)(=O)c1ccc(Cl)c(N)c1Cl. The molecule has 108 valence electrons. The van der Waals surface area contributed by atoms with Crippen molar-refractivity contribution in [3.63, 3.8) is 0 Å². The minimum Gasteiger partial charge on any atom is -0.396 e.